The Morgan fingerprint density at radius 1 is 1.03 bits per heavy atom. The summed E-state index contributed by atoms with van der Waals surface area (Å²) in [6.45, 7) is 16.3. The smallest absolute Gasteiger partial charge is 0.143 e. The summed E-state index contributed by atoms with van der Waals surface area (Å²) in [7, 11) is 0. The van der Waals surface area contributed by atoms with Gasteiger partial charge in [0.2, 0.25) is 0 Å². The largest absolute Gasteiger partial charge is 0.369 e. The highest BCUT2D eigenvalue weighted by molar-refractivity contribution is 5.77. The third-order valence-electron chi connectivity index (χ3n) is 5.61. The van der Waals surface area contributed by atoms with E-state index in [0.717, 1.165) is 19.0 Å². The molecule has 0 aromatic heterocycles. The predicted molar refractivity (Wildman–Crippen MR) is 123 cm³/mol. The van der Waals surface area contributed by atoms with Gasteiger partial charge in [-0.3, -0.25) is 4.79 Å². The molecule has 1 heterocycles. The van der Waals surface area contributed by atoms with Gasteiger partial charge in [-0.1, -0.05) is 52.0 Å². The first-order chi connectivity index (χ1) is 13.8. The van der Waals surface area contributed by atoms with Gasteiger partial charge in [0.25, 0.3) is 0 Å². The SMILES string of the molecule is CC(=O)CC#N.CC1CCCCC1.CCN1CCN(c2cc(C)cc(C)c2)CC1. The van der Waals surface area contributed by atoms with Crippen LogP contribution < -0.4 is 4.90 Å². The summed E-state index contributed by atoms with van der Waals surface area (Å²) < 4.78 is 0. The van der Waals surface area contributed by atoms with Crippen LogP contribution in [0.2, 0.25) is 0 Å². The fraction of sp³-hybridized carbons (Fsp3) is 0.680. The van der Waals surface area contributed by atoms with Crippen LogP contribution in [0.15, 0.2) is 18.2 Å². The van der Waals surface area contributed by atoms with Crippen LogP contribution in [0.3, 0.4) is 0 Å². The van der Waals surface area contributed by atoms with Crippen molar-refractivity contribution in [3.63, 3.8) is 0 Å². The number of rotatable bonds is 3. The molecule has 0 spiro atoms. The Bertz CT molecular complexity index is 616. The number of nitriles is 1. The van der Waals surface area contributed by atoms with Crippen molar-refractivity contribution in [2.45, 2.75) is 73.1 Å². The number of benzene rings is 1. The van der Waals surface area contributed by atoms with Gasteiger partial charge >= 0.3 is 0 Å². The van der Waals surface area contributed by atoms with E-state index in [1.54, 1.807) is 6.07 Å². The van der Waals surface area contributed by atoms with Crippen molar-refractivity contribution in [3.8, 4) is 6.07 Å². The maximum absolute atomic E-state index is 9.82. The number of carbonyl (C=O) groups excluding carboxylic acids is 1. The molecule has 4 nitrogen and oxygen atoms in total. The van der Waals surface area contributed by atoms with Gasteiger partial charge in [0.15, 0.2) is 0 Å². The predicted octanol–water partition coefficient (Wildman–Crippen LogP) is 5.52. The maximum Gasteiger partial charge on any atom is 0.143 e. The van der Waals surface area contributed by atoms with Gasteiger partial charge in [0.05, 0.1) is 12.5 Å². The lowest BCUT2D eigenvalue weighted by molar-refractivity contribution is -0.116. The molecular weight excluding hydrogens is 358 g/mol. The standard InChI is InChI=1S/C14H22N2.C7H14.C4H5NO/c1-4-15-5-7-16(8-6-15)14-10-12(2)9-13(3)11-14;1-7-5-3-2-4-6-7;1-4(6)2-3-5/h9-11H,4-8H2,1-3H3;7H,2-6H2,1H3;2H2,1H3. The topological polar surface area (TPSA) is 47.3 Å². The third-order valence-corrected chi connectivity index (χ3v) is 5.61. The molecule has 2 aliphatic rings. The second kappa shape index (κ2) is 14.2. The monoisotopic (exact) mass is 399 g/mol. The lowest BCUT2D eigenvalue weighted by Gasteiger charge is -2.35. The second-order valence-corrected chi connectivity index (χ2v) is 8.55. The number of hydrogen-bond acceptors (Lipinski definition) is 4. The summed E-state index contributed by atoms with van der Waals surface area (Å²) in [6, 6.07) is 8.56. The third kappa shape index (κ3) is 11.0. The number of anilines is 1. The summed E-state index contributed by atoms with van der Waals surface area (Å²) in [6.07, 6.45) is 7.48. The molecule has 0 unspecified atom stereocenters. The van der Waals surface area contributed by atoms with Gasteiger partial charge < -0.3 is 9.80 Å². The van der Waals surface area contributed by atoms with E-state index in [1.165, 1.54) is 75.5 Å². The van der Waals surface area contributed by atoms with Gasteiger partial charge in [0, 0.05) is 31.9 Å². The number of ketones is 1. The molecule has 0 N–H and O–H groups in total. The van der Waals surface area contributed by atoms with Crippen LogP contribution >= 0.6 is 0 Å². The number of piperazine rings is 1. The van der Waals surface area contributed by atoms with Gasteiger partial charge in [-0.05, 0) is 56.5 Å². The summed E-state index contributed by atoms with van der Waals surface area (Å²) in [5.74, 6) is 0.964. The first-order valence-electron chi connectivity index (χ1n) is 11.3. The van der Waals surface area contributed by atoms with E-state index in [0.29, 0.717) is 0 Å². The van der Waals surface area contributed by atoms with Crippen LogP contribution in [0, 0.1) is 31.1 Å². The van der Waals surface area contributed by atoms with Crippen LogP contribution in [0.4, 0.5) is 5.69 Å². The Balaban J connectivity index is 0.000000267. The minimum atomic E-state index is -0.0718. The maximum atomic E-state index is 9.82. The Kier molecular flexibility index (Phi) is 12.3. The van der Waals surface area contributed by atoms with E-state index in [-0.39, 0.29) is 12.2 Å². The number of Topliss-reactive ketones (excluding diaryl/α,β-unsaturated/α-hetero) is 1. The van der Waals surface area contributed by atoms with E-state index in [2.05, 4.69) is 55.7 Å². The molecule has 0 amide bonds. The van der Waals surface area contributed by atoms with Crippen molar-refractivity contribution in [1.82, 2.24) is 4.90 Å². The zero-order chi connectivity index (χ0) is 21.6. The van der Waals surface area contributed by atoms with E-state index in [1.807, 2.05) is 0 Å². The lowest BCUT2D eigenvalue weighted by Crippen LogP contribution is -2.46. The number of likely N-dealkylation sites (N-methyl/N-ethyl adjacent to an activating group) is 1. The molecule has 3 rings (SSSR count). The van der Waals surface area contributed by atoms with Gasteiger partial charge in [0.1, 0.15) is 5.78 Å². The lowest BCUT2D eigenvalue weighted by atomic mass is 9.91. The molecular formula is C25H41N3O. The number of aryl methyl sites for hydroxylation is 2. The number of hydrogen-bond donors (Lipinski definition) is 0. The molecule has 4 heteroatoms. The average Bonchev–Trinajstić information content (AvgIpc) is 2.69. The van der Waals surface area contributed by atoms with Crippen LogP contribution in [0.5, 0.6) is 0 Å². The zero-order valence-corrected chi connectivity index (χ0v) is 19.3. The van der Waals surface area contributed by atoms with Gasteiger partial charge in [-0.15, -0.1) is 0 Å². The Morgan fingerprint density at radius 3 is 1.93 bits per heavy atom. The summed E-state index contributed by atoms with van der Waals surface area (Å²) >= 11 is 0. The highest BCUT2D eigenvalue weighted by Gasteiger charge is 2.15. The Morgan fingerprint density at radius 2 is 1.59 bits per heavy atom. The highest BCUT2D eigenvalue weighted by Crippen LogP contribution is 2.22. The first kappa shape index (κ1) is 25.2. The fourth-order valence-electron chi connectivity index (χ4n) is 3.87. The molecule has 1 aliphatic carbocycles. The van der Waals surface area contributed by atoms with Crippen LogP contribution in [0.25, 0.3) is 0 Å². The molecule has 162 valence electrons. The van der Waals surface area contributed by atoms with Crippen LogP contribution in [-0.4, -0.2) is 43.4 Å². The molecule has 29 heavy (non-hydrogen) atoms. The minimum absolute atomic E-state index is 0.0417. The highest BCUT2D eigenvalue weighted by atomic mass is 16.1. The number of carbonyl (C=O) groups is 1. The van der Waals surface area contributed by atoms with Crippen molar-refractivity contribution >= 4 is 11.5 Å². The van der Waals surface area contributed by atoms with Crippen molar-refractivity contribution in [2.24, 2.45) is 5.92 Å². The Labute approximate surface area is 178 Å². The molecule has 1 saturated heterocycles. The molecule has 1 aromatic rings. The van der Waals surface area contributed by atoms with Crippen LogP contribution in [0.1, 0.15) is 70.4 Å². The van der Waals surface area contributed by atoms with E-state index in [4.69, 9.17) is 5.26 Å². The molecule has 1 saturated carbocycles. The molecule has 1 aliphatic heterocycles. The molecule has 1 aromatic carbocycles. The summed E-state index contributed by atoms with van der Waals surface area (Å²) in [5, 5.41) is 7.77. The van der Waals surface area contributed by atoms with E-state index < -0.39 is 0 Å². The quantitative estimate of drug-likeness (QED) is 0.671. The second-order valence-electron chi connectivity index (χ2n) is 8.55. The van der Waals surface area contributed by atoms with Crippen molar-refractivity contribution < 1.29 is 4.79 Å². The fourth-order valence-corrected chi connectivity index (χ4v) is 3.87. The number of nitrogens with zero attached hydrogens (tertiary/aromatic N) is 3. The van der Waals surface area contributed by atoms with Crippen LogP contribution in [-0.2, 0) is 4.79 Å². The van der Waals surface area contributed by atoms with E-state index in [9.17, 15) is 4.79 Å². The summed E-state index contributed by atoms with van der Waals surface area (Å²) in [5.41, 5.74) is 4.13. The molecule has 0 bridgehead atoms. The normalized spacial score (nSPS) is 17.3. The van der Waals surface area contributed by atoms with Gasteiger partial charge in [-0.2, -0.15) is 5.26 Å². The van der Waals surface area contributed by atoms with Crippen molar-refractivity contribution in [2.75, 3.05) is 37.6 Å². The zero-order valence-electron chi connectivity index (χ0n) is 19.3. The molecule has 0 atom stereocenters. The summed E-state index contributed by atoms with van der Waals surface area (Å²) in [4.78, 5) is 14.8. The van der Waals surface area contributed by atoms with Gasteiger partial charge in [-0.25, -0.2) is 0 Å². The van der Waals surface area contributed by atoms with Crippen molar-refractivity contribution in [3.05, 3.63) is 29.3 Å². The molecule has 2 fully saturated rings. The first-order valence-corrected chi connectivity index (χ1v) is 11.3. The average molecular weight is 400 g/mol. The van der Waals surface area contributed by atoms with Crippen molar-refractivity contribution in [1.29, 1.82) is 5.26 Å². The Hall–Kier alpha value is -1.86. The minimum Gasteiger partial charge on any atom is -0.369 e. The molecule has 0 radical (unpaired) electrons. The van der Waals surface area contributed by atoms with E-state index >= 15 is 0 Å².